The van der Waals surface area contributed by atoms with Crippen LogP contribution in [0.5, 0.6) is 0 Å². The standard InChI is InChI=1S/C12H18FNO3S/c1-9(2)14-7-11(15)8-18(16,17)12-5-3-4-10(13)6-12/h3-6,9,11,14-15H,7-8H2,1-2H3. The molecule has 0 aromatic heterocycles. The molecule has 18 heavy (non-hydrogen) atoms. The average Bonchev–Trinajstić information content (AvgIpc) is 2.26. The minimum Gasteiger partial charge on any atom is -0.391 e. The maximum atomic E-state index is 12.9. The molecule has 0 heterocycles. The SMILES string of the molecule is CC(C)NCC(O)CS(=O)(=O)c1cccc(F)c1. The molecule has 1 rings (SSSR count). The summed E-state index contributed by atoms with van der Waals surface area (Å²) in [6.07, 6.45) is -1.01. The van der Waals surface area contributed by atoms with Crippen LogP contribution in [-0.2, 0) is 9.84 Å². The van der Waals surface area contributed by atoms with Crippen molar-refractivity contribution in [3.05, 3.63) is 30.1 Å². The molecule has 0 spiro atoms. The summed E-state index contributed by atoms with van der Waals surface area (Å²) in [6.45, 7) is 3.98. The first-order valence-electron chi connectivity index (χ1n) is 5.71. The fourth-order valence-electron chi connectivity index (χ4n) is 1.44. The molecule has 6 heteroatoms. The molecule has 1 aromatic rings. The molecule has 0 aliphatic carbocycles. The van der Waals surface area contributed by atoms with Crippen LogP contribution in [0.15, 0.2) is 29.2 Å². The molecule has 0 bridgehead atoms. The van der Waals surface area contributed by atoms with Gasteiger partial charge in [-0.1, -0.05) is 19.9 Å². The molecule has 102 valence electrons. The van der Waals surface area contributed by atoms with E-state index in [0.29, 0.717) is 0 Å². The van der Waals surface area contributed by atoms with Gasteiger partial charge in [0.05, 0.1) is 16.8 Å². The monoisotopic (exact) mass is 275 g/mol. The van der Waals surface area contributed by atoms with Gasteiger partial charge in [0, 0.05) is 12.6 Å². The molecule has 0 saturated heterocycles. The Bertz CT molecular complexity index is 488. The third-order valence-electron chi connectivity index (χ3n) is 2.33. The van der Waals surface area contributed by atoms with Gasteiger partial charge in [0.15, 0.2) is 9.84 Å². The van der Waals surface area contributed by atoms with Crippen molar-refractivity contribution in [1.82, 2.24) is 5.32 Å². The van der Waals surface area contributed by atoms with Crippen molar-refractivity contribution < 1.29 is 17.9 Å². The van der Waals surface area contributed by atoms with E-state index in [9.17, 15) is 17.9 Å². The van der Waals surface area contributed by atoms with Crippen LogP contribution in [0.4, 0.5) is 4.39 Å². The average molecular weight is 275 g/mol. The molecule has 4 nitrogen and oxygen atoms in total. The van der Waals surface area contributed by atoms with Crippen molar-refractivity contribution in [3.8, 4) is 0 Å². The largest absolute Gasteiger partial charge is 0.391 e. The Morgan fingerprint density at radius 3 is 2.61 bits per heavy atom. The summed E-state index contributed by atoms with van der Waals surface area (Å²) in [5.41, 5.74) is 0. The lowest BCUT2D eigenvalue weighted by Crippen LogP contribution is -2.35. The minimum absolute atomic E-state index is 0.105. The second kappa shape index (κ2) is 6.26. The fourth-order valence-corrected chi connectivity index (χ4v) is 2.84. The Kier molecular flexibility index (Phi) is 5.25. The van der Waals surface area contributed by atoms with E-state index in [4.69, 9.17) is 0 Å². The molecular weight excluding hydrogens is 257 g/mol. The maximum Gasteiger partial charge on any atom is 0.181 e. The number of aliphatic hydroxyl groups excluding tert-OH is 1. The highest BCUT2D eigenvalue weighted by molar-refractivity contribution is 7.91. The molecule has 0 amide bonds. The van der Waals surface area contributed by atoms with Gasteiger partial charge in [-0.05, 0) is 18.2 Å². The highest BCUT2D eigenvalue weighted by Gasteiger charge is 2.20. The van der Waals surface area contributed by atoms with Gasteiger partial charge in [0.25, 0.3) is 0 Å². The molecule has 0 radical (unpaired) electrons. The Morgan fingerprint density at radius 2 is 2.06 bits per heavy atom. The zero-order valence-electron chi connectivity index (χ0n) is 10.4. The first-order valence-corrected chi connectivity index (χ1v) is 7.36. The molecule has 0 saturated carbocycles. The molecule has 1 atom stereocenters. The Balaban J connectivity index is 2.70. The van der Waals surface area contributed by atoms with Crippen molar-refractivity contribution in [1.29, 1.82) is 0 Å². The van der Waals surface area contributed by atoms with Gasteiger partial charge < -0.3 is 10.4 Å². The van der Waals surface area contributed by atoms with E-state index >= 15 is 0 Å². The maximum absolute atomic E-state index is 12.9. The summed E-state index contributed by atoms with van der Waals surface area (Å²) < 4.78 is 36.7. The first-order chi connectivity index (χ1) is 8.31. The molecule has 0 aliphatic heterocycles. The van der Waals surface area contributed by atoms with Gasteiger partial charge in [-0.15, -0.1) is 0 Å². The van der Waals surface area contributed by atoms with E-state index in [-0.39, 0.29) is 17.5 Å². The number of hydrogen-bond donors (Lipinski definition) is 2. The van der Waals surface area contributed by atoms with Gasteiger partial charge in [0.1, 0.15) is 5.82 Å². The van der Waals surface area contributed by atoms with Crippen molar-refractivity contribution in [2.75, 3.05) is 12.3 Å². The third kappa shape index (κ3) is 4.72. The first kappa shape index (κ1) is 15.1. The lowest BCUT2D eigenvalue weighted by molar-refractivity contribution is 0.190. The van der Waals surface area contributed by atoms with Crippen LogP contribution in [0.1, 0.15) is 13.8 Å². The predicted octanol–water partition coefficient (Wildman–Crippen LogP) is 0.958. The third-order valence-corrected chi connectivity index (χ3v) is 4.12. The van der Waals surface area contributed by atoms with Gasteiger partial charge in [-0.3, -0.25) is 0 Å². The Morgan fingerprint density at radius 1 is 1.39 bits per heavy atom. The van der Waals surface area contributed by atoms with E-state index in [1.54, 1.807) is 0 Å². The van der Waals surface area contributed by atoms with Crippen molar-refractivity contribution in [2.45, 2.75) is 30.9 Å². The van der Waals surface area contributed by atoms with E-state index < -0.39 is 27.5 Å². The normalized spacial score (nSPS) is 13.8. The van der Waals surface area contributed by atoms with E-state index in [1.165, 1.54) is 18.2 Å². The molecule has 2 N–H and O–H groups in total. The van der Waals surface area contributed by atoms with Crippen LogP contribution in [0, 0.1) is 5.82 Å². The zero-order chi connectivity index (χ0) is 13.8. The zero-order valence-corrected chi connectivity index (χ0v) is 11.2. The van der Waals surface area contributed by atoms with Crippen LogP contribution in [0.2, 0.25) is 0 Å². The van der Waals surface area contributed by atoms with Gasteiger partial charge in [-0.2, -0.15) is 0 Å². The van der Waals surface area contributed by atoms with Gasteiger partial charge >= 0.3 is 0 Å². The summed E-state index contributed by atoms with van der Waals surface area (Å²) in [5, 5.41) is 12.6. The van der Waals surface area contributed by atoms with Crippen molar-refractivity contribution in [3.63, 3.8) is 0 Å². The number of aliphatic hydroxyl groups is 1. The van der Waals surface area contributed by atoms with Crippen LogP contribution in [-0.4, -0.2) is 38.0 Å². The van der Waals surface area contributed by atoms with Crippen LogP contribution in [0.3, 0.4) is 0 Å². The lowest BCUT2D eigenvalue weighted by atomic mass is 10.3. The topological polar surface area (TPSA) is 66.4 Å². The molecular formula is C12H18FNO3S. The van der Waals surface area contributed by atoms with E-state index in [2.05, 4.69) is 5.32 Å². The smallest absolute Gasteiger partial charge is 0.181 e. The van der Waals surface area contributed by atoms with E-state index in [0.717, 1.165) is 6.07 Å². The molecule has 0 aliphatic rings. The number of halogens is 1. The summed E-state index contributed by atoms with van der Waals surface area (Å²) in [4.78, 5) is -0.105. The molecule has 1 unspecified atom stereocenters. The quantitative estimate of drug-likeness (QED) is 0.811. The summed E-state index contributed by atoms with van der Waals surface area (Å²) in [5.74, 6) is -1.03. The number of hydrogen-bond acceptors (Lipinski definition) is 4. The lowest BCUT2D eigenvalue weighted by Gasteiger charge is -2.14. The van der Waals surface area contributed by atoms with Crippen LogP contribution in [0.25, 0.3) is 0 Å². The number of rotatable bonds is 6. The second-order valence-corrected chi connectivity index (χ2v) is 6.49. The number of benzene rings is 1. The number of nitrogens with one attached hydrogen (secondary N) is 1. The van der Waals surface area contributed by atoms with Crippen LogP contribution < -0.4 is 5.32 Å². The second-order valence-electron chi connectivity index (χ2n) is 4.46. The summed E-state index contributed by atoms with van der Waals surface area (Å²) in [7, 11) is -3.66. The van der Waals surface area contributed by atoms with Gasteiger partial charge in [0.2, 0.25) is 0 Å². The van der Waals surface area contributed by atoms with Crippen molar-refractivity contribution >= 4 is 9.84 Å². The number of sulfone groups is 1. The molecule has 1 aromatic carbocycles. The molecule has 0 fully saturated rings. The van der Waals surface area contributed by atoms with Crippen LogP contribution >= 0.6 is 0 Å². The highest BCUT2D eigenvalue weighted by Crippen LogP contribution is 2.13. The summed E-state index contributed by atoms with van der Waals surface area (Å²) >= 11 is 0. The summed E-state index contributed by atoms with van der Waals surface area (Å²) in [6, 6.07) is 4.95. The van der Waals surface area contributed by atoms with Crippen molar-refractivity contribution in [2.24, 2.45) is 0 Å². The Hall–Kier alpha value is -0.980. The highest BCUT2D eigenvalue weighted by atomic mass is 32.2. The Labute approximate surface area is 107 Å². The predicted molar refractivity (Wildman–Crippen MR) is 67.6 cm³/mol. The fraction of sp³-hybridized carbons (Fsp3) is 0.500. The van der Waals surface area contributed by atoms with E-state index in [1.807, 2.05) is 13.8 Å². The van der Waals surface area contributed by atoms with Gasteiger partial charge in [-0.25, -0.2) is 12.8 Å². The minimum atomic E-state index is -3.66.